The second-order valence-electron chi connectivity index (χ2n) is 7.75. The van der Waals surface area contributed by atoms with Gasteiger partial charge in [0.15, 0.2) is 0 Å². The highest BCUT2D eigenvalue weighted by molar-refractivity contribution is 5.75. The summed E-state index contributed by atoms with van der Waals surface area (Å²) < 4.78 is 0. The second kappa shape index (κ2) is 8.45. The third-order valence-corrected chi connectivity index (χ3v) is 5.68. The fraction of sp³-hybridized carbons (Fsp3) is 0.391. The Morgan fingerprint density at radius 3 is 2.32 bits per heavy atom. The molecule has 5 heteroatoms. The molecule has 1 N–H and O–H groups in total. The summed E-state index contributed by atoms with van der Waals surface area (Å²) in [5.41, 5.74) is 3.10. The molecular formula is C23H26N4O. The third kappa shape index (κ3) is 4.52. The zero-order valence-electron chi connectivity index (χ0n) is 16.1. The average Bonchev–Trinajstić information content (AvgIpc) is 3.59. The lowest BCUT2D eigenvalue weighted by Gasteiger charge is -2.35. The third-order valence-electron chi connectivity index (χ3n) is 5.68. The number of nitriles is 1. The largest absolute Gasteiger partial charge is 0.331 e. The topological polar surface area (TPSA) is 59.4 Å². The van der Waals surface area contributed by atoms with Crippen LogP contribution in [0.1, 0.15) is 35.6 Å². The molecule has 0 unspecified atom stereocenters. The minimum absolute atomic E-state index is 0.0544. The number of nitrogens with one attached hydrogen (secondary N) is 1. The highest BCUT2D eigenvalue weighted by atomic mass is 16.2. The van der Waals surface area contributed by atoms with Crippen molar-refractivity contribution in [3.8, 4) is 6.07 Å². The lowest BCUT2D eigenvalue weighted by molar-refractivity contribution is 0.132. The van der Waals surface area contributed by atoms with Crippen LogP contribution in [-0.2, 0) is 6.54 Å². The molecule has 0 spiro atoms. The van der Waals surface area contributed by atoms with Crippen molar-refractivity contribution in [2.45, 2.75) is 25.4 Å². The van der Waals surface area contributed by atoms with Crippen molar-refractivity contribution in [1.29, 1.82) is 5.26 Å². The molecule has 4 rings (SSSR count). The van der Waals surface area contributed by atoms with Gasteiger partial charge in [-0.2, -0.15) is 5.26 Å². The SMILES string of the molecule is N#Cc1ccc(CN2CCN(C(=O)N[C@@H](c3ccccc3)C3CC3)CC2)cc1. The second-order valence-corrected chi connectivity index (χ2v) is 7.75. The van der Waals surface area contributed by atoms with Gasteiger partial charge >= 0.3 is 6.03 Å². The van der Waals surface area contributed by atoms with E-state index in [1.54, 1.807) is 0 Å². The van der Waals surface area contributed by atoms with E-state index in [0.29, 0.717) is 11.5 Å². The molecule has 5 nitrogen and oxygen atoms in total. The van der Waals surface area contributed by atoms with E-state index in [9.17, 15) is 4.79 Å². The quantitative estimate of drug-likeness (QED) is 0.871. The maximum Gasteiger partial charge on any atom is 0.317 e. The summed E-state index contributed by atoms with van der Waals surface area (Å²) in [4.78, 5) is 17.1. The predicted octanol–water partition coefficient (Wildman–Crippen LogP) is 3.54. The van der Waals surface area contributed by atoms with Gasteiger partial charge in [-0.25, -0.2) is 4.79 Å². The molecule has 1 aliphatic heterocycles. The predicted molar refractivity (Wildman–Crippen MR) is 108 cm³/mol. The molecule has 1 aliphatic carbocycles. The molecule has 1 heterocycles. The Balaban J connectivity index is 1.29. The molecule has 2 fully saturated rings. The fourth-order valence-corrected chi connectivity index (χ4v) is 3.84. The summed E-state index contributed by atoms with van der Waals surface area (Å²) in [5.74, 6) is 0.573. The number of benzene rings is 2. The van der Waals surface area contributed by atoms with Crippen LogP contribution >= 0.6 is 0 Å². The number of rotatable bonds is 5. The number of urea groups is 1. The first-order chi connectivity index (χ1) is 13.7. The zero-order chi connectivity index (χ0) is 19.3. The fourth-order valence-electron chi connectivity index (χ4n) is 3.84. The van der Waals surface area contributed by atoms with Gasteiger partial charge in [-0.15, -0.1) is 0 Å². The van der Waals surface area contributed by atoms with Gasteiger partial charge in [-0.1, -0.05) is 42.5 Å². The van der Waals surface area contributed by atoms with Crippen molar-refractivity contribution in [3.05, 3.63) is 71.3 Å². The minimum Gasteiger partial charge on any atom is -0.331 e. The van der Waals surface area contributed by atoms with Crippen molar-refractivity contribution in [2.24, 2.45) is 5.92 Å². The summed E-state index contributed by atoms with van der Waals surface area (Å²) in [6.07, 6.45) is 2.39. The molecule has 2 aromatic carbocycles. The Morgan fingerprint density at radius 1 is 1.04 bits per heavy atom. The number of nitrogens with zero attached hydrogens (tertiary/aromatic N) is 3. The molecule has 144 valence electrons. The van der Waals surface area contributed by atoms with Crippen molar-refractivity contribution in [2.75, 3.05) is 26.2 Å². The first-order valence-electron chi connectivity index (χ1n) is 10.0. The van der Waals surface area contributed by atoms with Crippen LogP contribution in [-0.4, -0.2) is 42.0 Å². The van der Waals surface area contributed by atoms with Crippen molar-refractivity contribution in [3.63, 3.8) is 0 Å². The highest BCUT2D eigenvalue weighted by Crippen LogP contribution is 2.41. The van der Waals surface area contributed by atoms with Crippen molar-refractivity contribution < 1.29 is 4.79 Å². The van der Waals surface area contributed by atoms with Crippen LogP contribution in [0.5, 0.6) is 0 Å². The summed E-state index contributed by atoms with van der Waals surface area (Å²) in [7, 11) is 0. The standard InChI is InChI=1S/C23H26N4O/c24-16-18-6-8-19(9-7-18)17-26-12-14-27(15-13-26)23(28)25-22(21-10-11-21)20-4-2-1-3-5-20/h1-9,21-22H,10-15,17H2,(H,25,28)/t22-/m0/s1. The van der Waals surface area contributed by atoms with E-state index in [2.05, 4.69) is 28.4 Å². The van der Waals surface area contributed by atoms with Crippen LogP contribution in [0.4, 0.5) is 4.79 Å². The smallest absolute Gasteiger partial charge is 0.317 e. The van der Waals surface area contributed by atoms with Crippen molar-refractivity contribution in [1.82, 2.24) is 15.1 Å². The van der Waals surface area contributed by atoms with Crippen LogP contribution in [0.25, 0.3) is 0 Å². The van der Waals surface area contributed by atoms with E-state index >= 15 is 0 Å². The molecular weight excluding hydrogens is 348 g/mol. The number of hydrogen-bond acceptors (Lipinski definition) is 3. The Hall–Kier alpha value is -2.84. The van der Waals surface area contributed by atoms with Gasteiger partial charge < -0.3 is 10.2 Å². The molecule has 0 radical (unpaired) electrons. The molecule has 2 aromatic rings. The van der Waals surface area contributed by atoms with E-state index in [-0.39, 0.29) is 12.1 Å². The van der Waals surface area contributed by atoms with Crippen LogP contribution in [0, 0.1) is 17.2 Å². The maximum atomic E-state index is 12.8. The first kappa shape index (κ1) is 18.5. The molecule has 1 atom stereocenters. The lowest BCUT2D eigenvalue weighted by Crippen LogP contribution is -2.52. The van der Waals surface area contributed by atoms with Gasteiger partial charge in [0.05, 0.1) is 17.7 Å². The molecule has 2 aliphatic rings. The Morgan fingerprint density at radius 2 is 1.71 bits per heavy atom. The zero-order valence-corrected chi connectivity index (χ0v) is 16.1. The molecule has 1 saturated heterocycles. The normalized spacial score (nSPS) is 18.3. The summed E-state index contributed by atoms with van der Waals surface area (Å²) in [6, 6.07) is 20.4. The van der Waals surface area contributed by atoms with Crippen molar-refractivity contribution >= 4 is 6.03 Å². The van der Waals surface area contributed by atoms with E-state index in [1.165, 1.54) is 24.0 Å². The number of amides is 2. The van der Waals surface area contributed by atoms with Crippen LogP contribution in [0.2, 0.25) is 0 Å². The molecule has 0 aromatic heterocycles. The maximum absolute atomic E-state index is 12.8. The van der Waals surface area contributed by atoms with E-state index in [4.69, 9.17) is 5.26 Å². The van der Waals surface area contributed by atoms with Crippen LogP contribution in [0.15, 0.2) is 54.6 Å². The van der Waals surface area contributed by atoms with E-state index in [0.717, 1.165) is 32.7 Å². The Labute approximate surface area is 166 Å². The minimum atomic E-state index is 0.0544. The lowest BCUT2D eigenvalue weighted by atomic mass is 10.0. The first-order valence-corrected chi connectivity index (χ1v) is 10.0. The number of hydrogen-bond donors (Lipinski definition) is 1. The van der Waals surface area contributed by atoms with E-state index in [1.807, 2.05) is 47.4 Å². The van der Waals surface area contributed by atoms with Gasteiger partial charge in [0.1, 0.15) is 0 Å². The summed E-state index contributed by atoms with van der Waals surface area (Å²) in [6.45, 7) is 4.08. The van der Waals surface area contributed by atoms with Gasteiger partial charge in [0.2, 0.25) is 0 Å². The number of carbonyl (C=O) groups is 1. The molecule has 0 bridgehead atoms. The molecule has 28 heavy (non-hydrogen) atoms. The van der Waals surface area contributed by atoms with Gasteiger partial charge in [-0.3, -0.25) is 4.90 Å². The van der Waals surface area contributed by atoms with E-state index < -0.39 is 0 Å². The van der Waals surface area contributed by atoms with Gasteiger partial charge in [-0.05, 0) is 42.0 Å². The average molecular weight is 374 g/mol. The van der Waals surface area contributed by atoms with Gasteiger partial charge in [0, 0.05) is 32.7 Å². The summed E-state index contributed by atoms with van der Waals surface area (Å²) >= 11 is 0. The van der Waals surface area contributed by atoms with Crippen LogP contribution < -0.4 is 5.32 Å². The highest BCUT2D eigenvalue weighted by Gasteiger charge is 2.34. The number of carbonyl (C=O) groups excluding carboxylic acids is 1. The van der Waals surface area contributed by atoms with Gasteiger partial charge in [0.25, 0.3) is 0 Å². The van der Waals surface area contributed by atoms with Crippen LogP contribution in [0.3, 0.4) is 0 Å². The number of piperazine rings is 1. The summed E-state index contributed by atoms with van der Waals surface area (Å²) in [5, 5.41) is 12.2. The molecule has 2 amide bonds. The monoisotopic (exact) mass is 374 g/mol. The Kier molecular flexibility index (Phi) is 5.59. The Bertz CT molecular complexity index is 831. The molecule has 1 saturated carbocycles.